The van der Waals surface area contributed by atoms with Gasteiger partial charge >= 0.3 is 0 Å². The molecule has 2 rings (SSSR count). The molecular formula is C16H23NO2S. The maximum Gasteiger partial charge on any atom is 0.182 e. The molecule has 0 unspecified atom stereocenters. The molecule has 1 heterocycles. The van der Waals surface area contributed by atoms with Gasteiger partial charge < -0.3 is 14.4 Å². The van der Waals surface area contributed by atoms with Gasteiger partial charge in [0.2, 0.25) is 0 Å². The second-order valence-electron chi connectivity index (χ2n) is 5.85. The zero-order chi connectivity index (χ0) is 14.8. The van der Waals surface area contributed by atoms with E-state index in [1.807, 2.05) is 38.6 Å². The van der Waals surface area contributed by atoms with Gasteiger partial charge in [-0.2, -0.15) is 0 Å². The van der Waals surface area contributed by atoms with Crippen LogP contribution in [0.4, 0.5) is 0 Å². The summed E-state index contributed by atoms with van der Waals surface area (Å²) in [7, 11) is 1.70. The van der Waals surface area contributed by atoms with Crippen molar-refractivity contribution < 1.29 is 9.47 Å². The van der Waals surface area contributed by atoms with Crippen molar-refractivity contribution in [3.8, 4) is 5.75 Å². The van der Waals surface area contributed by atoms with Crippen LogP contribution in [0.3, 0.4) is 0 Å². The van der Waals surface area contributed by atoms with Gasteiger partial charge in [-0.1, -0.05) is 0 Å². The van der Waals surface area contributed by atoms with Crippen LogP contribution in [0.25, 0.3) is 0 Å². The van der Waals surface area contributed by atoms with Crippen LogP contribution >= 0.6 is 11.8 Å². The molecule has 1 aliphatic heterocycles. The van der Waals surface area contributed by atoms with E-state index in [0.717, 1.165) is 30.5 Å². The van der Waals surface area contributed by atoms with Crippen LogP contribution in [-0.4, -0.2) is 29.9 Å². The first-order valence-corrected chi connectivity index (χ1v) is 7.80. The Balaban J connectivity index is 2.16. The van der Waals surface area contributed by atoms with Crippen molar-refractivity contribution in [3.63, 3.8) is 0 Å². The van der Waals surface area contributed by atoms with Gasteiger partial charge in [-0.3, -0.25) is 0 Å². The predicted octanol–water partition coefficient (Wildman–Crippen LogP) is 3.89. The number of benzene rings is 1. The number of hydrogen-bond acceptors (Lipinski definition) is 4. The van der Waals surface area contributed by atoms with Crippen LogP contribution < -0.4 is 4.74 Å². The predicted molar refractivity (Wildman–Crippen MR) is 84.1 cm³/mol. The smallest absolute Gasteiger partial charge is 0.182 e. The van der Waals surface area contributed by atoms with Crippen molar-refractivity contribution in [2.75, 3.05) is 19.4 Å². The van der Waals surface area contributed by atoms with Gasteiger partial charge in [0.05, 0.1) is 7.11 Å². The monoisotopic (exact) mass is 293 g/mol. The summed E-state index contributed by atoms with van der Waals surface area (Å²) in [6.07, 6.45) is 0. The van der Waals surface area contributed by atoms with Gasteiger partial charge in [-0.05, 0) is 51.1 Å². The van der Waals surface area contributed by atoms with Crippen LogP contribution in [0.2, 0.25) is 0 Å². The van der Waals surface area contributed by atoms with E-state index < -0.39 is 0 Å². The highest BCUT2D eigenvalue weighted by Gasteiger charge is 2.21. The van der Waals surface area contributed by atoms with Gasteiger partial charge in [0.25, 0.3) is 0 Å². The summed E-state index contributed by atoms with van der Waals surface area (Å²) in [5, 5.41) is 0. The molecule has 0 aliphatic carbocycles. The maximum absolute atomic E-state index is 5.90. The number of ether oxygens (including phenoxy) is 2. The molecule has 0 atom stereocenters. The van der Waals surface area contributed by atoms with Gasteiger partial charge in [0.15, 0.2) is 5.88 Å². The molecule has 0 aromatic heterocycles. The normalized spacial score (nSPS) is 15.3. The second-order valence-corrected chi connectivity index (χ2v) is 6.99. The quantitative estimate of drug-likeness (QED) is 0.788. The molecule has 1 aromatic carbocycles. The largest absolute Gasteiger partial charge is 0.497 e. The van der Waals surface area contributed by atoms with Crippen LogP contribution in [0, 0.1) is 0 Å². The molecule has 0 saturated heterocycles. The molecule has 0 fully saturated rings. The molecule has 110 valence electrons. The van der Waals surface area contributed by atoms with E-state index in [-0.39, 0.29) is 5.60 Å². The molecule has 20 heavy (non-hydrogen) atoms. The molecule has 0 bridgehead atoms. The van der Waals surface area contributed by atoms with Crippen LogP contribution in [0.1, 0.15) is 26.3 Å². The lowest BCUT2D eigenvalue weighted by Crippen LogP contribution is -2.30. The minimum Gasteiger partial charge on any atom is -0.497 e. The Labute approximate surface area is 125 Å². The van der Waals surface area contributed by atoms with Crippen molar-refractivity contribution in [2.45, 2.75) is 37.8 Å². The lowest BCUT2D eigenvalue weighted by molar-refractivity contribution is 0.00235. The summed E-state index contributed by atoms with van der Waals surface area (Å²) < 4.78 is 11.2. The number of hydrogen-bond donors (Lipinski definition) is 0. The lowest BCUT2D eigenvalue weighted by Gasteiger charge is -2.30. The Bertz CT molecular complexity index is 494. The highest BCUT2D eigenvalue weighted by Crippen LogP contribution is 2.32. The minimum atomic E-state index is -0.215. The first-order valence-electron chi connectivity index (χ1n) is 6.81. The number of methoxy groups -OCH3 is 1. The SMILES string of the molecule is C=C(OC(C)(C)C)N1CCSc2ccc(OC)cc2C1. The van der Waals surface area contributed by atoms with Crippen LogP contribution in [0.5, 0.6) is 5.75 Å². The number of thioether (sulfide) groups is 1. The van der Waals surface area contributed by atoms with Gasteiger partial charge in [0, 0.05) is 23.7 Å². The van der Waals surface area contributed by atoms with Crippen LogP contribution in [-0.2, 0) is 11.3 Å². The Morgan fingerprint density at radius 2 is 2.10 bits per heavy atom. The van der Waals surface area contributed by atoms with Gasteiger partial charge in [-0.25, -0.2) is 0 Å². The summed E-state index contributed by atoms with van der Waals surface area (Å²) in [4.78, 5) is 3.51. The zero-order valence-electron chi connectivity index (χ0n) is 12.7. The summed E-state index contributed by atoms with van der Waals surface area (Å²) in [6.45, 7) is 12.0. The van der Waals surface area contributed by atoms with E-state index in [1.54, 1.807) is 7.11 Å². The minimum absolute atomic E-state index is 0.215. The number of rotatable bonds is 3. The van der Waals surface area contributed by atoms with Gasteiger partial charge in [-0.15, -0.1) is 11.8 Å². The molecule has 0 saturated carbocycles. The highest BCUT2D eigenvalue weighted by atomic mass is 32.2. The molecule has 0 N–H and O–H groups in total. The van der Waals surface area contributed by atoms with E-state index in [0.29, 0.717) is 0 Å². The van der Waals surface area contributed by atoms with Crippen molar-refractivity contribution in [1.29, 1.82) is 0 Å². The summed E-state index contributed by atoms with van der Waals surface area (Å²) in [6, 6.07) is 6.25. The molecule has 0 amide bonds. The molecule has 3 nitrogen and oxygen atoms in total. The van der Waals surface area contributed by atoms with E-state index >= 15 is 0 Å². The van der Waals surface area contributed by atoms with E-state index in [9.17, 15) is 0 Å². The molecular weight excluding hydrogens is 270 g/mol. The summed E-state index contributed by atoms with van der Waals surface area (Å²) in [5.41, 5.74) is 1.05. The zero-order valence-corrected chi connectivity index (χ0v) is 13.5. The third kappa shape index (κ3) is 3.85. The fraction of sp³-hybridized carbons (Fsp3) is 0.500. The molecule has 1 aliphatic rings. The fourth-order valence-electron chi connectivity index (χ4n) is 2.13. The Hall–Kier alpha value is -1.29. The van der Waals surface area contributed by atoms with Crippen molar-refractivity contribution >= 4 is 11.8 Å². The molecule has 1 aromatic rings. The Kier molecular flexibility index (Phi) is 4.53. The first-order chi connectivity index (χ1) is 9.39. The summed E-state index contributed by atoms with van der Waals surface area (Å²) >= 11 is 1.87. The lowest BCUT2D eigenvalue weighted by atomic mass is 10.2. The molecule has 0 radical (unpaired) electrons. The fourth-order valence-corrected chi connectivity index (χ4v) is 3.13. The molecule has 4 heteroatoms. The third-order valence-electron chi connectivity index (χ3n) is 3.02. The average Bonchev–Trinajstić information content (AvgIpc) is 2.57. The number of nitrogens with zero attached hydrogens (tertiary/aromatic N) is 1. The third-order valence-corrected chi connectivity index (χ3v) is 4.12. The maximum atomic E-state index is 5.90. The van der Waals surface area contributed by atoms with Crippen molar-refractivity contribution in [3.05, 3.63) is 36.2 Å². The molecule has 0 spiro atoms. The van der Waals surface area contributed by atoms with Gasteiger partial charge in [0.1, 0.15) is 11.4 Å². The Morgan fingerprint density at radius 1 is 1.35 bits per heavy atom. The van der Waals surface area contributed by atoms with E-state index in [4.69, 9.17) is 9.47 Å². The number of fused-ring (bicyclic) bond motifs is 1. The van der Waals surface area contributed by atoms with E-state index in [2.05, 4.69) is 23.6 Å². The average molecular weight is 293 g/mol. The topological polar surface area (TPSA) is 21.7 Å². The summed E-state index contributed by atoms with van der Waals surface area (Å²) in [5.74, 6) is 2.67. The second kappa shape index (κ2) is 6.00. The van der Waals surface area contributed by atoms with Crippen molar-refractivity contribution in [2.24, 2.45) is 0 Å². The van der Waals surface area contributed by atoms with Crippen molar-refractivity contribution in [1.82, 2.24) is 4.90 Å². The van der Waals surface area contributed by atoms with Crippen LogP contribution in [0.15, 0.2) is 35.6 Å². The Morgan fingerprint density at radius 3 is 2.75 bits per heavy atom. The highest BCUT2D eigenvalue weighted by molar-refractivity contribution is 7.99. The van der Waals surface area contributed by atoms with E-state index in [1.165, 1.54) is 10.5 Å². The standard InChI is InChI=1S/C16H23NO2S/c1-12(19-16(2,3)4)17-8-9-20-15-7-6-14(18-5)10-13(15)11-17/h6-7,10H,1,8-9,11H2,2-5H3. The first kappa shape index (κ1) is 15.1.